The Bertz CT molecular complexity index is 785. The summed E-state index contributed by atoms with van der Waals surface area (Å²) >= 11 is 0. The zero-order chi connectivity index (χ0) is 23.5. The molecule has 10 nitrogen and oxygen atoms in total. The minimum absolute atomic E-state index is 0.00310. The van der Waals surface area contributed by atoms with E-state index in [0.29, 0.717) is 6.42 Å². The molecule has 32 heavy (non-hydrogen) atoms. The summed E-state index contributed by atoms with van der Waals surface area (Å²) in [5, 5.41) is 13.8. The normalized spacial score (nSPS) is 24.6. The lowest BCUT2D eigenvalue weighted by molar-refractivity contribution is -0.276. The highest BCUT2D eigenvalue weighted by molar-refractivity contribution is 5.72. The van der Waals surface area contributed by atoms with Crippen LogP contribution in [0, 0.1) is 5.92 Å². The fourth-order valence-corrected chi connectivity index (χ4v) is 3.12. The number of carbonyl (C=O) groups excluding carboxylic acids is 2. The SMILES string of the molecule is CC1O[C@@H](O[C@H](C)CCC(=O)OCc2ccccc2)C(O)C[C@H]1OC(=O)[C@H](C)CN=[N+]=[N-]. The monoisotopic (exact) mass is 449 g/mol. The van der Waals surface area contributed by atoms with Gasteiger partial charge in [0.05, 0.1) is 18.1 Å². The maximum Gasteiger partial charge on any atom is 0.309 e. The lowest BCUT2D eigenvalue weighted by atomic mass is 10.0. The molecule has 0 amide bonds. The number of benzene rings is 1. The number of aliphatic hydroxyl groups is 1. The number of carbonyl (C=O) groups is 2. The summed E-state index contributed by atoms with van der Waals surface area (Å²) in [6.07, 6.45) is -2.65. The van der Waals surface area contributed by atoms with Crippen LogP contribution in [-0.4, -0.2) is 54.3 Å². The Labute approximate surface area is 187 Å². The third-order valence-corrected chi connectivity index (χ3v) is 5.11. The van der Waals surface area contributed by atoms with Gasteiger partial charge in [-0.2, -0.15) is 0 Å². The van der Waals surface area contributed by atoms with Crippen LogP contribution < -0.4 is 0 Å². The molecule has 1 saturated heterocycles. The molecule has 6 atom stereocenters. The molecule has 2 unspecified atom stereocenters. The average molecular weight is 450 g/mol. The van der Waals surface area contributed by atoms with Gasteiger partial charge in [-0.05, 0) is 31.4 Å². The molecule has 2 rings (SSSR count). The van der Waals surface area contributed by atoms with Crippen LogP contribution in [0.25, 0.3) is 10.4 Å². The summed E-state index contributed by atoms with van der Waals surface area (Å²) in [6, 6.07) is 9.42. The molecule has 176 valence electrons. The lowest BCUT2D eigenvalue weighted by Gasteiger charge is -2.38. The zero-order valence-electron chi connectivity index (χ0n) is 18.6. The van der Waals surface area contributed by atoms with Gasteiger partial charge in [-0.3, -0.25) is 9.59 Å². The Kier molecular flexibility index (Phi) is 10.4. The van der Waals surface area contributed by atoms with Gasteiger partial charge >= 0.3 is 11.9 Å². The van der Waals surface area contributed by atoms with Crippen molar-refractivity contribution in [3.05, 3.63) is 46.3 Å². The van der Waals surface area contributed by atoms with Gasteiger partial charge in [0.25, 0.3) is 0 Å². The second-order valence-electron chi connectivity index (χ2n) is 7.93. The predicted octanol–water partition coefficient (Wildman–Crippen LogP) is 3.27. The van der Waals surface area contributed by atoms with E-state index in [2.05, 4.69) is 10.0 Å². The van der Waals surface area contributed by atoms with E-state index < -0.39 is 36.5 Å². The third kappa shape index (κ3) is 8.47. The van der Waals surface area contributed by atoms with E-state index in [1.54, 1.807) is 20.8 Å². The molecule has 1 aromatic carbocycles. The standard InChI is InChI=1S/C22H31N3O7/c1-14(12-24-25-23)21(28)32-19-11-18(26)22(31-16(19)3)30-15(2)9-10-20(27)29-13-17-7-5-4-6-8-17/h4-8,14-16,18-19,22,26H,9-13H2,1-3H3/t14-,15-,16?,18?,19-,22-/m1/s1. The van der Waals surface area contributed by atoms with Crippen molar-refractivity contribution in [2.45, 2.75) is 77.3 Å². The number of esters is 2. The van der Waals surface area contributed by atoms with Gasteiger partial charge in [0.15, 0.2) is 6.29 Å². The third-order valence-electron chi connectivity index (χ3n) is 5.11. The lowest BCUT2D eigenvalue weighted by Crippen LogP contribution is -2.50. The number of ether oxygens (including phenoxy) is 4. The maximum atomic E-state index is 12.1. The number of hydrogen-bond acceptors (Lipinski definition) is 8. The molecule has 10 heteroatoms. The Balaban J connectivity index is 1.72. The quantitative estimate of drug-likeness (QED) is 0.237. The van der Waals surface area contributed by atoms with E-state index in [9.17, 15) is 14.7 Å². The second-order valence-corrected chi connectivity index (χ2v) is 7.93. The first kappa shape index (κ1) is 25.6. The molecule has 0 spiro atoms. The Hall–Kier alpha value is -2.65. The first-order valence-corrected chi connectivity index (χ1v) is 10.7. The Morgan fingerprint density at radius 1 is 1.31 bits per heavy atom. The fourth-order valence-electron chi connectivity index (χ4n) is 3.12. The molecule has 1 heterocycles. The highest BCUT2D eigenvalue weighted by atomic mass is 16.7. The van der Waals surface area contributed by atoms with Crippen LogP contribution in [0.15, 0.2) is 35.4 Å². The highest BCUT2D eigenvalue weighted by Gasteiger charge is 2.39. The van der Waals surface area contributed by atoms with Crippen LogP contribution in [-0.2, 0) is 35.1 Å². The largest absolute Gasteiger partial charge is 0.461 e. The van der Waals surface area contributed by atoms with Crippen LogP contribution in [0.3, 0.4) is 0 Å². The van der Waals surface area contributed by atoms with Gasteiger partial charge < -0.3 is 24.1 Å². The molecule has 1 aliphatic rings. The van der Waals surface area contributed by atoms with Crippen LogP contribution in [0.1, 0.15) is 45.6 Å². The van der Waals surface area contributed by atoms with E-state index in [1.165, 1.54) is 0 Å². The van der Waals surface area contributed by atoms with Crippen molar-refractivity contribution < 1.29 is 33.6 Å². The number of azide groups is 1. The topological polar surface area (TPSA) is 140 Å². The number of nitrogens with zero attached hydrogens (tertiary/aromatic N) is 3. The summed E-state index contributed by atoms with van der Waals surface area (Å²) in [6.45, 7) is 5.33. The van der Waals surface area contributed by atoms with Crippen LogP contribution in [0.4, 0.5) is 0 Å². The predicted molar refractivity (Wildman–Crippen MR) is 114 cm³/mol. The average Bonchev–Trinajstić information content (AvgIpc) is 2.78. The maximum absolute atomic E-state index is 12.1. The van der Waals surface area contributed by atoms with Gasteiger partial charge in [-0.15, -0.1) is 0 Å². The fraction of sp³-hybridized carbons (Fsp3) is 0.636. The minimum atomic E-state index is -0.996. The summed E-state index contributed by atoms with van der Waals surface area (Å²) in [4.78, 5) is 26.7. The van der Waals surface area contributed by atoms with E-state index in [1.807, 2.05) is 30.3 Å². The van der Waals surface area contributed by atoms with Crippen LogP contribution >= 0.6 is 0 Å². The Morgan fingerprint density at radius 2 is 2.03 bits per heavy atom. The van der Waals surface area contributed by atoms with E-state index in [4.69, 9.17) is 24.5 Å². The van der Waals surface area contributed by atoms with Crippen molar-refractivity contribution in [2.75, 3.05) is 6.54 Å². The molecule has 0 bridgehead atoms. The molecule has 1 aromatic rings. The molecule has 1 N–H and O–H groups in total. The van der Waals surface area contributed by atoms with Gasteiger partial charge in [0.2, 0.25) is 0 Å². The van der Waals surface area contributed by atoms with Crippen molar-refractivity contribution in [2.24, 2.45) is 11.0 Å². The first-order valence-electron chi connectivity index (χ1n) is 10.7. The summed E-state index contributed by atoms with van der Waals surface area (Å²) < 4.78 is 22.1. The van der Waals surface area contributed by atoms with E-state index in [-0.39, 0.29) is 38.1 Å². The van der Waals surface area contributed by atoms with Crippen LogP contribution in [0.2, 0.25) is 0 Å². The smallest absolute Gasteiger partial charge is 0.309 e. The summed E-state index contributed by atoms with van der Waals surface area (Å²) in [7, 11) is 0. The van der Waals surface area contributed by atoms with Crippen LogP contribution in [0.5, 0.6) is 0 Å². The number of rotatable bonds is 11. The molecule has 1 fully saturated rings. The minimum Gasteiger partial charge on any atom is -0.461 e. The van der Waals surface area contributed by atoms with Gasteiger partial charge in [-0.1, -0.05) is 42.4 Å². The van der Waals surface area contributed by atoms with Crippen molar-refractivity contribution in [3.8, 4) is 0 Å². The van der Waals surface area contributed by atoms with Gasteiger partial charge in [0.1, 0.15) is 18.8 Å². The Morgan fingerprint density at radius 3 is 2.72 bits per heavy atom. The molecular formula is C22H31N3O7. The molecule has 0 radical (unpaired) electrons. The van der Waals surface area contributed by atoms with Crippen molar-refractivity contribution >= 4 is 11.9 Å². The number of aliphatic hydroxyl groups excluding tert-OH is 1. The summed E-state index contributed by atoms with van der Waals surface area (Å²) in [5.41, 5.74) is 9.27. The van der Waals surface area contributed by atoms with Crippen molar-refractivity contribution in [3.63, 3.8) is 0 Å². The number of hydrogen-bond donors (Lipinski definition) is 1. The van der Waals surface area contributed by atoms with Crippen molar-refractivity contribution in [1.82, 2.24) is 0 Å². The zero-order valence-corrected chi connectivity index (χ0v) is 18.6. The van der Waals surface area contributed by atoms with Crippen molar-refractivity contribution in [1.29, 1.82) is 0 Å². The molecule has 1 aliphatic heterocycles. The molecule has 0 saturated carbocycles. The van der Waals surface area contributed by atoms with Gasteiger partial charge in [-0.25, -0.2) is 0 Å². The molecular weight excluding hydrogens is 418 g/mol. The highest BCUT2D eigenvalue weighted by Crippen LogP contribution is 2.26. The first-order chi connectivity index (χ1) is 15.3. The van der Waals surface area contributed by atoms with Gasteiger partial charge in [0, 0.05) is 24.3 Å². The summed E-state index contributed by atoms with van der Waals surface area (Å²) in [5.74, 6) is -1.44. The van der Waals surface area contributed by atoms with E-state index >= 15 is 0 Å². The molecule has 0 aromatic heterocycles. The second kappa shape index (κ2) is 13.0. The molecule has 0 aliphatic carbocycles. The van der Waals surface area contributed by atoms with E-state index in [0.717, 1.165) is 5.56 Å².